The Morgan fingerprint density at radius 2 is 2.00 bits per heavy atom. The number of hydrogen-bond donors (Lipinski definition) is 1. The Hall–Kier alpha value is -1.09. The molecule has 0 spiro atoms. The van der Waals surface area contributed by atoms with Gasteiger partial charge in [-0.1, -0.05) is 20.8 Å². The van der Waals surface area contributed by atoms with Gasteiger partial charge in [-0.15, -0.1) is 0 Å². The highest BCUT2D eigenvalue weighted by Gasteiger charge is 2.10. The van der Waals surface area contributed by atoms with Gasteiger partial charge in [0.1, 0.15) is 5.75 Å². The second-order valence-electron chi connectivity index (χ2n) is 5.23. The molecule has 1 aromatic heterocycles. The van der Waals surface area contributed by atoms with Gasteiger partial charge < -0.3 is 10.1 Å². The fraction of sp³-hybridized carbons (Fsp3) is 0.667. The van der Waals surface area contributed by atoms with Crippen LogP contribution >= 0.6 is 0 Å². The van der Waals surface area contributed by atoms with Crippen molar-refractivity contribution >= 4 is 0 Å². The summed E-state index contributed by atoms with van der Waals surface area (Å²) in [5.74, 6) is 1.51. The van der Waals surface area contributed by atoms with Crippen LogP contribution in [0.15, 0.2) is 18.3 Å². The fourth-order valence-corrected chi connectivity index (χ4v) is 2.17. The first-order valence-electron chi connectivity index (χ1n) is 6.86. The minimum Gasteiger partial charge on any atom is -0.489 e. The van der Waals surface area contributed by atoms with Crippen molar-refractivity contribution in [3.05, 3.63) is 24.0 Å². The third kappa shape index (κ3) is 4.65. The van der Waals surface area contributed by atoms with Crippen LogP contribution in [0.3, 0.4) is 0 Å². The van der Waals surface area contributed by atoms with Gasteiger partial charge in [-0.25, -0.2) is 0 Å². The molecule has 0 saturated heterocycles. The average Bonchev–Trinajstić information content (AvgIpc) is 2.31. The molecule has 0 bridgehead atoms. The maximum Gasteiger partial charge on any atom is 0.138 e. The zero-order valence-corrected chi connectivity index (χ0v) is 12.2. The largest absolute Gasteiger partial charge is 0.489 e. The lowest BCUT2D eigenvalue weighted by molar-refractivity contribution is 0.192. The van der Waals surface area contributed by atoms with Gasteiger partial charge in [0.25, 0.3) is 0 Å². The Balaban J connectivity index is 2.60. The minimum absolute atomic E-state index is 0.240. The number of aromatic nitrogens is 1. The molecule has 0 fully saturated rings. The summed E-state index contributed by atoms with van der Waals surface area (Å²) in [6.45, 7) is 8.67. The molecule has 102 valence electrons. The smallest absolute Gasteiger partial charge is 0.138 e. The highest BCUT2D eigenvalue weighted by molar-refractivity contribution is 5.21. The van der Waals surface area contributed by atoms with Crippen LogP contribution in [0.5, 0.6) is 5.75 Å². The molecule has 0 aliphatic carbocycles. The summed E-state index contributed by atoms with van der Waals surface area (Å²) in [4.78, 5) is 4.47. The van der Waals surface area contributed by atoms with E-state index < -0.39 is 0 Å². The zero-order chi connectivity index (χ0) is 13.5. The van der Waals surface area contributed by atoms with Crippen LogP contribution in [0.4, 0.5) is 0 Å². The molecule has 0 aliphatic heterocycles. The Kier molecular flexibility index (Phi) is 6.13. The second kappa shape index (κ2) is 7.37. The van der Waals surface area contributed by atoms with Gasteiger partial charge in [0.05, 0.1) is 18.0 Å². The molecule has 3 nitrogen and oxygen atoms in total. The van der Waals surface area contributed by atoms with Crippen LogP contribution in [0.25, 0.3) is 0 Å². The highest BCUT2D eigenvalue weighted by atomic mass is 16.5. The van der Waals surface area contributed by atoms with Crippen molar-refractivity contribution in [3.8, 4) is 5.75 Å². The van der Waals surface area contributed by atoms with Crippen LogP contribution in [0.2, 0.25) is 0 Å². The number of ether oxygens (including phenoxy) is 1. The lowest BCUT2D eigenvalue weighted by Gasteiger charge is -2.17. The first-order valence-corrected chi connectivity index (χ1v) is 6.86. The summed E-state index contributed by atoms with van der Waals surface area (Å²) in [5.41, 5.74) is 1.07. The Bertz CT molecular complexity index is 331. The number of rotatable bonds is 7. The van der Waals surface area contributed by atoms with Crippen molar-refractivity contribution < 1.29 is 4.74 Å². The van der Waals surface area contributed by atoms with Crippen LogP contribution in [-0.4, -0.2) is 18.1 Å². The molecule has 0 aromatic carbocycles. The second-order valence-corrected chi connectivity index (χ2v) is 5.23. The van der Waals surface area contributed by atoms with E-state index in [0.717, 1.165) is 24.3 Å². The molecule has 1 rings (SSSR count). The van der Waals surface area contributed by atoms with Gasteiger partial charge >= 0.3 is 0 Å². The summed E-state index contributed by atoms with van der Waals surface area (Å²) >= 11 is 0. The minimum atomic E-state index is 0.240. The number of nitrogens with one attached hydrogen (secondary N) is 1. The Morgan fingerprint density at radius 3 is 2.44 bits per heavy atom. The number of hydrogen-bond acceptors (Lipinski definition) is 3. The molecule has 0 amide bonds. The zero-order valence-electron chi connectivity index (χ0n) is 12.2. The van der Waals surface area contributed by atoms with E-state index in [1.165, 1.54) is 0 Å². The molecule has 3 heteroatoms. The van der Waals surface area contributed by atoms with Gasteiger partial charge in [0.15, 0.2) is 0 Å². The van der Waals surface area contributed by atoms with Gasteiger partial charge in [-0.2, -0.15) is 0 Å². The van der Waals surface area contributed by atoms with E-state index in [-0.39, 0.29) is 6.10 Å². The van der Waals surface area contributed by atoms with Crippen molar-refractivity contribution in [2.75, 3.05) is 7.05 Å². The van der Waals surface area contributed by atoms with Crippen LogP contribution in [-0.2, 0) is 0 Å². The first kappa shape index (κ1) is 15.0. The quantitative estimate of drug-likeness (QED) is 0.803. The van der Waals surface area contributed by atoms with Gasteiger partial charge in [-0.05, 0) is 44.9 Å². The topological polar surface area (TPSA) is 34.1 Å². The molecule has 0 radical (unpaired) electrons. The molecule has 2 atom stereocenters. The molecule has 2 unspecified atom stereocenters. The molecule has 0 saturated carbocycles. The third-order valence-electron chi connectivity index (χ3n) is 3.01. The van der Waals surface area contributed by atoms with Gasteiger partial charge in [0.2, 0.25) is 0 Å². The standard InChI is InChI=1S/C15H26N2O/c1-6-14(16-5)15-8-7-13(10-17-15)18-12(4)9-11(2)3/h7-8,10-12,14,16H,6,9H2,1-5H3. The molecular formula is C15H26N2O. The van der Waals surface area contributed by atoms with E-state index in [1.807, 2.05) is 25.4 Å². The molecular weight excluding hydrogens is 224 g/mol. The maximum atomic E-state index is 5.84. The summed E-state index contributed by atoms with van der Waals surface area (Å²) in [6, 6.07) is 4.38. The predicted octanol–water partition coefficient (Wildman–Crippen LogP) is 3.57. The van der Waals surface area contributed by atoms with Crippen molar-refractivity contribution in [1.82, 2.24) is 10.3 Å². The lowest BCUT2D eigenvalue weighted by atomic mass is 10.1. The molecule has 1 N–H and O–H groups in total. The van der Waals surface area contributed by atoms with Crippen molar-refractivity contribution in [3.63, 3.8) is 0 Å². The predicted molar refractivity (Wildman–Crippen MR) is 75.9 cm³/mol. The fourth-order valence-electron chi connectivity index (χ4n) is 2.17. The van der Waals surface area contributed by atoms with Gasteiger partial charge in [-0.3, -0.25) is 4.98 Å². The monoisotopic (exact) mass is 250 g/mol. The SMILES string of the molecule is CCC(NC)c1ccc(OC(C)CC(C)C)cn1. The van der Waals surface area contributed by atoms with Crippen LogP contribution < -0.4 is 10.1 Å². The Morgan fingerprint density at radius 1 is 1.28 bits per heavy atom. The maximum absolute atomic E-state index is 5.84. The van der Waals surface area contributed by atoms with E-state index in [2.05, 4.69) is 38.0 Å². The normalized spacial score (nSPS) is 14.6. The van der Waals surface area contributed by atoms with Crippen molar-refractivity contribution in [2.24, 2.45) is 5.92 Å². The Labute approximate surface area is 111 Å². The summed E-state index contributed by atoms with van der Waals surface area (Å²) in [6.07, 6.45) is 4.17. The van der Waals surface area contributed by atoms with E-state index in [9.17, 15) is 0 Å². The lowest BCUT2D eigenvalue weighted by Crippen LogP contribution is -2.17. The number of pyridine rings is 1. The molecule has 1 aromatic rings. The summed E-state index contributed by atoms with van der Waals surface area (Å²) in [5, 5.41) is 3.25. The average molecular weight is 250 g/mol. The van der Waals surface area contributed by atoms with Crippen LogP contribution in [0, 0.1) is 5.92 Å². The van der Waals surface area contributed by atoms with Crippen molar-refractivity contribution in [2.45, 2.75) is 52.7 Å². The van der Waals surface area contributed by atoms with E-state index in [4.69, 9.17) is 4.74 Å². The van der Waals surface area contributed by atoms with Crippen LogP contribution in [0.1, 0.15) is 52.3 Å². The summed E-state index contributed by atoms with van der Waals surface area (Å²) < 4.78 is 5.84. The van der Waals surface area contributed by atoms with Crippen molar-refractivity contribution in [1.29, 1.82) is 0 Å². The highest BCUT2D eigenvalue weighted by Crippen LogP contribution is 2.19. The molecule has 1 heterocycles. The molecule has 0 aliphatic rings. The van der Waals surface area contributed by atoms with E-state index >= 15 is 0 Å². The molecule has 18 heavy (non-hydrogen) atoms. The van der Waals surface area contributed by atoms with E-state index in [0.29, 0.717) is 12.0 Å². The van der Waals surface area contributed by atoms with E-state index in [1.54, 1.807) is 0 Å². The number of nitrogens with zero attached hydrogens (tertiary/aromatic N) is 1. The first-order chi connectivity index (χ1) is 8.56. The summed E-state index contributed by atoms with van der Waals surface area (Å²) in [7, 11) is 1.96. The third-order valence-corrected chi connectivity index (χ3v) is 3.01. The van der Waals surface area contributed by atoms with Gasteiger partial charge in [0, 0.05) is 6.04 Å².